The number of ether oxygens (including phenoxy) is 1. The topological polar surface area (TPSA) is 116 Å². The number of esters is 1. The summed E-state index contributed by atoms with van der Waals surface area (Å²) < 4.78 is 4.83. The number of aromatic hydroxyl groups is 1. The number of rotatable bonds is 11. The molecule has 34 heavy (non-hydrogen) atoms. The lowest BCUT2D eigenvalue weighted by Crippen LogP contribution is -2.53. The van der Waals surface area contributed by atoms with Crippen LogP contribution in [0.1, 0.15) is 44.7 Å². The van der Waals surface area contributed by atoms with Gasteiger partial charge in [-0.3, -0.25) is 14.5 Å². The number of para-hydroxylation sites is 1. The van der Waals surface area contributed by atoms with Gasteiger partial charge in [-0.1, -0.05) is 44.2 Å². The Balaban J connectivity index is 2.23. The lowest BCUT2D eigenvalue weighted by Gasteiger charge is -2.32. The van der Waals surface area contributed by atoms with Crippen molar-refractivity contribution in [2.45, 2.75) is 58.0 Å². The number of carbonyl (C=O) groups is 3. The number of aliphatic carboxylic acids is 1. The standard InChI is InChI=1S/C26H34N2O6/c1-17-15-19(11-12-22(17)29)26(3,4)13-14-27-21(16-23(30)31)24(32)28(18(2)25(33)34-5)20-9-7-6-8-10-20/h6-12,15,18,21,27,29H,13-14,16H2,1-5H3,(H,30,31)/t18-,21-/m0/s1. The van der Waals surface area contributed by atoms with Crippen LogP contribution in [0.5, 0.6) is 5.75 Å². The van der Waals surface area contributed by atoms with Crippen LogP contribution in [0.15, 0.2) is 48.5 Å². The zero-order valence-electron chi connectivity index (χ0n) is 20.4. The van der Waals surface area contributed by atoms with Crippen molar-refractivity contribution in [1.82, 2.24) is 5.32 Å². The van der Waals surface area contributed by atoms with Gasteiger partial charge in [0.15, 0.2) is 0 Å². The normalized spacial score (nSPS) is 13.1. The van der Waals surface area contributed by atoms with E-state index >= 15 is 0 Å². The fraction of sp³-hybridized carbons (Fsp3) is 0.423. The van der Waals surface area contributed by atoms with Crippen LogP contribution < -0.4 is 10.2 Å². The van der Waals surface area contributed by atoms with Crippen LogP contribution in [0.2, 0.25) is 0 Å². The second-order valence-corrected chi connectivity index (χ2v) is 8.98. The number of carbonyl (C=O) groups excluding carboxylic acids is 2. The first-order valence-electron chi connectivity index (χ1n) is 11.2. The van der Waals surface area contributed by atoms with Crippen molar-refractivity contribution in [3.63, 3.8) is 0 Å². The zero-order valence-corrected chi connectivity index (χ0v) is 20.4. The number of carboxylic acids is 1. The first-order valence-corrected chi connectivity index (χ1v) is 11.2. The number of hydrogen-bond donors (Lipinski definition) is 3. The molecule has 0 heterocycles. The molecule has 0 aromatic heterocycles. The minimum atomic E-state index is -1.13. The maximum absolute atomic E-state index is 13.5. The van der Waals surface area contributed by atoms with Crippen molar-refractivity contribution >= 4 is 23.5 Å². The third kappa shape index (κ3) is 6.81. The summed E-state index contributed by atoms with van der Waals surface area (Å²) in [5.41, 5.74) is 1.98. The molecule has 0 fully saturated rings. The van der Waals surface area contributed by atoms with Crippen molar-refractivity contribution < 1.29 is 29.3 Å². The number of nitrogens with one attached hydrogen (secondary N) is 1. The quantitative estimate of drug-likeness (QED) is 0.431. The predicted octanol–water partition coefficient (Wildman–Crippen LogP) is 3.40. The molecule has 0 spiro atoms. The van der Waals surface area contributed by atoms with Gasteiger partial charge in [-0.15, -0.1) is 0 Å². The van der Waals surface area contributed by atoms with E-state index in [4.69, 9.17) is 4.74 Å². The highest BCUT2D eigenvalue weighted by atomic mass is 16.5. The monoisotopic (exact) mass is 470 g/mol. The molecule has 8 nitrogen and oxygen atoms in total. The number of methoxy groups -OCH3 is 1. The maximum atomic E-state index is 13.5. The number of benzene rings is 2. The summed E-state index contributed by atoms with van der Waals surface area (Å²) in [7, 11) is 1.24. The third-order valence-corrected chi connectivity index (χ3v) is 6.00. The van der Waals surface area contributed by atoms with Gasteiger partial charge in [0.2, 0.25) is 5.91 Å². The Morgan fingerprint density at radius 3 is 2.32 bits per heavy atom. The summed E-state index contributed by atoms with van der Waals surface area (Å²) in [4.78, 5) is 38.6. The van der Waals surface area contributed by atoms with Crippen molar-refractivity contribution in [3.8, 4) is 5.75 Å². The van der Waals surface area contributed by atoms with E-state index in [2.05, 4.69) is 5.32 Å². The second kappa shape index (κ2) is 11.7. The van der Waals surface area contributed by atoms with Gasteiger partial charge in [-0.05, 0) is 61.6 Å². The minimum absolute atomic E-state index is 0.227. The van der Waals surface area contributed by atoms with E-state index in [1.54, 1.807) is 43.3 Å². The number of aryl methyl sites for hydroxylation is 1. The summed E-state index contributed by atoms with van der Waals surface area (Å²) in [6.45, 7) is 7.83. The lowest BCUT2D eigenvalue weighted by atomic mass is 9.81. The molecule has 0 saturated heterocycles. The summed E-state index contributed by atoms with van der Waals surface area (Å²) >= 11 is 0. The summed E-state index contributed by atoms with van der Waals surface area (Å²) in [5, 5.41) is 22.3. The molecule has 3 N–H and O–H groups in total. The van der Waals surface area contributed by atoms with Crippen molar-refractivity contribution in [3.05, 3.63) is 59.7 Å². The molecule has 184 valence electrons. The van der Waals surface area contributed by atoms with E-state index in [9.17, 15) is 24.6 Å². The van der Waals surface area contributed by atoms with Gasteiger partial charge >= 0.3 is 11.9 Å². The number of amides is 1. The maximum Gasteiger partial charge on any atom is 0.328 e. The molecule has 8 heteroatoms. The average Bonchev–Trinajstić information content (AvgIpc) is 2.79. The van der Waals surface area contributed by atoms with E-state index in [0.717, 1.165) is 11.1 Å². The molecule has 0 bridgehead atoms. The van der Waals surface area contributed by atoms with E-state index in [0.29, 0.717) is 18.7 Å². The fourth-order valence-electron chi connectivity index (χ4n) is 3.78. The van der Waals surface area contributed by atoms with E-state index < -0.39 is 36.4 Å². The lowest BCUT2D eigenvalue weighted by molar-refractivity contribution is -0.143. The predicted molar refractivity (Wildman–Crippen MR) is 130 cm³/mol. The van der Waals surface area contributed by atoms with Gasteiger partial charge < -0.3 is 20.3 Å². The van der Waals surface area contributed by atoms with Gasteiger partial charge in [-0.2, -0.15) is 0 Å². The highest BCUT2D eigenvalue weighted by molar-refractivity contribution is 6.03. The second-order valence-electron chi connectivity index (χ2n) is 8.98. The number of carboxylic acid groups (broad SMARTS) is 1. The van der Waals surface area contributed by atoms with Crippen molar-refractivity contribution in [2.75, 3.05) is 18.6 Å². The van der Waals surface area contributed by atoms with Crippen molar-refractivity contribution in [1.29, 1.82) is 0 Å². The number of phenolic OH excluding ortho intramolecular Hbond substituents is 1. The molecule has 1 amide bonds. The van der Waals surface area contributed by atoms with Gasteiger partial charge in [0.25, 0.3) is 0 Å². The van der Waals surface area contributed by atoms with Crippen LogP contribution in [0.3, 0.4) is 0 Å². The molecule has 2 rings (SSSR count). The first-order chi connectivity index (χ1) is 16.0. The molecule has 2 aromatic rings. The SMILES string of the molecule is COC(=O)[C@H](C)N(C(=O)[C@H](CC(=O)O)NCCC(C)(C)c1ccc(O)c(C)c1)c1ccccc1. The number of phenols is 1. The molecule has 0 unspecified atom stereocenters. The molecule has 0 aliphatic carbocycles. The largest absolute Gasteiger partial charge is 0.508 e. The Labute approximate surface area is 200 Å². The molecule has 0 radical (unpaired) electrons. The summed E-state index contributed by atoms with van der Waals surface area (Å²) in [5.74, 6) is -2.02. The number of anilines is 1. The Bertz CT molecular complexity index is 1010. The number of nitrogens with zero attached hydrogens (tertiary/aromatic N) is 1. The zero-order chi connectivity index (χ0) is 25.5. The molecular weight excluding hydrogens is 436 g/mol. The first kappa shape index (κ1) is 26.9. The minimum Gasteiger partial charge on any atom is -0.508 e. The van der Waals surface area contributed by atoms with E-state index in [-0.39, 0.29) is 11.2 Å². The Morgan fingerprint density at radius 2 is 1.76 bits per heavy atom. The average molecular weight is 471 g/mol. The fourth-order valence-corrected chi connectivity index (χ4v) is 3.78. The smallest absolute Gasteiger partial charge is 0.328 e. The van der Waals surface area contributed by atoms with Crippen LogP contribution in [-0.2, 0) is 24.5 Å². The van der Waals surface area contributed by atoms with Crippen LogP contribution in [0, 0.1) is 6.92 Å². The van der Waals surface area contributed by atoms with Crippen LogP contribution >= 0.6 is 0 Å². The molecule has 0 aliphatic rings. The highest BCUT2D eigenvalue weighted by Crippen LogP contribution is 2.30. The third-order valence-electron chi connectivity index (χ3n) is 6.00. The van der Waals surface area contributed by atoms with Gasteiger partial charge in [-0.25, -0.2) is 4.79 Å². The highest BCUT2D eigenvalue weighted by Gasteiger charge is 2.34. The van der Waals surface area contributed by atoms with Gasteiger partial charge in [0, 0.05) is 5.69 Å². The molecule has 0 aliphatic heterocycles. The molecule has 0 saturated carbocycles. The molecular formula is C26H34N2O6. The van der Waals surface area contributed by atoms with Crippen LogP contribution in [0.4, 0.5) is 5.69 Å². The van der Waals surface area contributed by atoms with Crippen LogP contribution in [-0.4, -0.2) is 53.8 Å². The van der Waals surface area contributed by atoms with E-state index in [1.165, 1.54) is 12.0 Å². The Kier molecular flexibility index (Phi) is 9.20. The van der Waals surface area contributed by atoms with Gasteiger partial charge in [0.05, 0.1) is 19.6 Å². The molecule has 2 atom stereocenters. The Hall–Kier alpha value is -3.39. The summed E-state index contributed by atoms with van der Waals surface area (Å²) in [6.07, 6.45) is 0.174. The Morgan fingerprint density at radius 1 is 1.12 bits per heavy atom. The number of hydrogen-bond acceptors (Lipinski definition) is 6. The van der Waals surface area contributed by atoms with Crippen LogP contribution in [0.25, 0.3) is 0 Å². The van der Waals surface area contributed by atoms with Gasteiger partial charge in [0.1, 0.15) is 11.8 Å². The van der Waals surface area contributed by atoms with E-state index in [1.807, 2.05) is 32.9 Å². The van der Waals surface area contributed by atoms with Crippen molar-refractivity contribution in [2.24, 2.45) is 0 Å². The molecule has 2 aromatic carbocycles. The summed E-state index contributed by atoms with van der Waals surface area (Å²) in [6, 6.07) is 12.1.